The van der Waals surface area contributed by atoms with E-state index in [0.717, 1.165) is 6.42 Å². The first-order valence-corrected chi connectivity index (χ1v) is 1.52. The summed E-state index contributed by atoms with van der Waals surface area (Å²) in [6, 6.07) is 0. The van der Waals surface area contributed by atoms with Gasteiger partial charge < -0.3 is 0 Å². The molecule has 0 bridgehead atoms. The first kappa shape index (κ1) is 3.74. The van der Waals surface area contributed by atoms with Crippen molar-refractivity contribution in [2.24, 2.45) is 0 Å². The van der Waals surface area contributed by atoms with Crippen LogP contribution in [0.15, 0.2) is 12.7 Å². The number of rotatable bonds is 1. The molecule has 0 aliphatic rings. The van der Waals surface area contributed by atoms with E-state index < -0.39 is 0 Å². The van der Waals surface area contributed by atoms with Crippen LogP contribution in [-0.2, 0) is 0 Å². The van der Waals surface area contributed by atoms with Gasteiger partial charge in [0, 0.05) is 0 Å². The van der Waals surface area contributed by atoms with Gasteiger partial charge >= 0.3 is 0 Å². The molecule has 0 saturated carbocycles. The minimum absolute atomic E-state index is 1.08. The Morgan fingerprint density at radius 3 is 2.25 bits per heavy atom. The monoisotopic (exact) mass is 57.1 g/mol. The fourth-order valence-electron chi connectivity index (χ4n) is 0. The van der Waals surface area contributed by atoms with Crippen LogP contribution in [0.3, 0.4) is 0 Å². The molecule has 0 rings (SSSR count). The maximum atomic E-state index is 3.48. The molecule has 0 N–H and O–H groups in total. The van der Waals surface area contributed by atoms with Crippen LogP contribution in [0.2, 0.25) is 0 Å². The fourth-order valence-corrected chi connectivity index (χ4v) is 0. The highest BCUT2D eigenvalue weighted by Crippen LogP contribution is 1.66. The molecule has 0 aliphatic carbocycles. The summed E-state index contributed by atoms with van der Waals surface area (Å²) in [5.74, 6) is 0. The third-order valence-corrected chi connectivity index (χ3v) is 0.289. The minimum Gasteiger partial charge on any atom is -0.103 e. The maximum Gasteiger partial charge on any atom is -0.0382 e. The summed E-state index contributed by atoms with van der Waals surface area (Å²) in [4.78, 5) is 0. The summed E-state index contributed by atoms with van der Waals surface area (Å²) in [5.41, 5.74) is 0. The van der Waals surface area contributed by atoms with Gasteiger partial charge in [0.15, 0.2) is 0 Å². The zero-order valence-corrected chi connectivity index (χ0v) is 2.99. The highest BCUT2D eigenvalue weighted by Gasteiger charge is 1.45. The van der Waals surface area contributed by atoms with Crippen LogP contribution in [0.25, 0.3) is 0 Å². The second kappa shape index (κ2) is 2.74. The summed E-state index contributed by atoms with van der Waals surface area (Å²) in [6.07, 6.45) is 2.96. The van der Waals surface area contributed by atoms with Crippen molar-refractivity contribution >= 4 is 0 Å². The molecule has 0 unspecified atom stereocenters. The van der Waals surface area contributed by atoms with E-state index in [4.69, 9.17) is 0 Å². The van der Waals surface area contributed by atoms with Crippen molar-refractivity contribution in [1.29, 1.82) is 0 Å². The molecular formula is C4H8. The second-order valence-corrected chi connectivity index (χ2v) is 0.697. The summed E-state index contributed by atoms with van der Waals surface area (Å²) in [7, 11) is 0. The largest absolute Gasteiger partial charge is 0.103 e. The van der Waals surface area contributed by atoms with Gasteiger partial charge in [0.1, 0.15) is 0 Å². The zero-order valence-electron chi connectivity index (χ0n) is 2.99. The molecule has 0 aromatic heterocycles. The van der Waals surface area contributed by atoms with Crippen molar-refractivity contribution in [2.75, 3.05) is 0 Å². The van der Waals surface area contributed by atoms with E-state index in [1.165, 1.54) is 0 Å². The van der Waals surface area contributed by atoms with Crippen LogP contribution in [0, 0.1) is 0 Å². The van der Waals surface area contributed by atoms with Crippen LogP contribution in [0.5, 0.6) is 0 Å². The number of hydrogen-bond donors (Lipinski definition) is 0. The molecule has 0 heterocycles. The highest BCUT2D eigenvalue weighted by molar-refractivity contribution is 4.60. The Bertz CT molecular complexity index is 14.0. The number of allylic oxidation sites excluding steroid dienone is 1. The molecule has 24 valence electrons. The summed E-state index contributed by atoms with van der Waals surface area (Å²) < 4.78 is 0. The van der Waals surface area contributed by atoms with E-state index in [9.17, 15) is 0 Å². The van der Waals surface area contributed by atoms with E-state index in [2.05, 4.69) is 13.5 Å². The first-order valence-electron chi connectivity index (χ1n) is 1.52. The average molecular weight is 57.1 g/mol. The van der Waals surface area contributed by atoms with Crippen LogP contribution >= 0.6 is 0 Å². The van der Waals surface area contributed by atoms with E-state index in [1.807, 2.05) is 6.08 Å². The third kappa shape index (κ3) is 1.74. The Morgan fingerprint density at radius 1 is 2.00 bits per heavy atom. The molecule has 0 atom stereocenters. The Hall–Kier alpha value is -0.260. The molecule has 0 aromatic rings. The van der Waals surface area contributed by atoms with Gasteiger partial charge in [-0.15, -0.1) is 6.58 Å². The molecule has 0 aromatic carbocycles. The predicted molar refractivity (Wildman–Crippen MR) is 20.5 cm³/mol. The summed E-state index contributed by atoms with van der Waals surface area (Å²) in [6.45, 7) is 5.54. The summed E-state index contributed by atoms with van der Waals surface area (Å²) in [5, 5.41) is 0. The van der Waals surface area contributed by atoms with Crippen molar-refractivity contribution < 1.29 is 0 Å². The molecule has 0 amide bonds. The van der Waals surface area contributed by atoms with Gasteiger partial charge in [0.2, 0.25) is 0 Å². The van der Waals surface area contributed by atoms with Gasteiger partial charge in [-0.3, -0.25) is 0 Å². The van der Waals surface area contributed by atoms with Gasteiger partial charge in [0.25, 0.3) is 0 Å². The standard InChI is InChI=1S/C4H8/c1-3-4-2/h3H,1,4H2,2H3/i2+1. The number of hydrogen-bond acceptors (Lipinski definition) is 0. The van der Waals surface area contributed by atoms with Crippen molar-refractivity contribution in [2.45, 2.75) is 13.3 Å². The van der Waals surface area contributed by atoms with E-state index in [0.29, 0.717) is 0 Å². The van der Waals surface area contributed by atoms with Gasteiger partial charge in [0.05, 0.1) is 0 Å². The van der Waals surface area contributed by atoms with Crippen LogP contribution in [-0.4, -0.2) is 0 Å². The fraction of sp³-hybridized carbons (Fsp3) is 0.500. The Kier molecular flexibility index (Phi) is 2.56. The van der Waals surface area contributed by atoms with Gasteiger partial charge in [-0.25, -0.2) is 0 Å². The minimum atomic E-state index is 1.08. The molecule has 0 nitrogen and oxygen atoms in total. The molecule has 0 fully saturated rings. The van der Waals surface area contributed by atoms with E-state index in [-0.39, 0.29) is 0 Å². The quantitative estimate of drug-likeness (QED) is 0.316. The Morgan fingerprint density at radius 2 is 2.25 bits per heavy atom. The van der Waals surface area contributed by atoms with Crippen molar-refractivity contribution in [3.05, 3.63) is 12.7 Å². The lowest BCUT2D eigenvalue weighted by atomic mass is 10.6. The zero-order chi connectivity index (χ0) is 3.41. The predicted octanol–water partition coefficient (Wildman–Crippen LogP) is 1.58. The molecule has 0 saturated heterocycles. The molecule has 0 aliphatic heterocycles. The average Bonchev–Trinajstić information content (AvgIpc) is 1.37. The topological polar surface area (TPSA) is 0 Å². The smallest absolute Gasteiger partial charge is 0.0382 e. The maximum absolute atomic E-state index is 3.48. The SMILES string of the molecule is C=CC[13CH3]. The second-order valence-electron chi connectivity index (χ2n) is 0.697. The van der Waals surface area contributed by atoms with Crippen LogP contribution in [0.4, 0.5) is 0 Å². The Balaban J connectivity index is 2.30. The Labute approximate surface area is 27.1 Å². The normalized spacial score (nSPS) is 6.25. The van der Waals surface area contributed by atoms with Crippen LogP contribution < -0.4 is 0 Å². The lowest BCUT2D eigenvalue weighted by Gasteiger charge is -1.57. The van der Waals surface area contributed by atoms with Crippen molar-refractivity contribution in [1.82, 2.24) is 0 Å². The first-order chi connectivity index (χ1) is 1.91. The van der Waals surface area contributed by atoms with Gasteiger partial charge in [-0.1, -0.05) is 13.0 Å². The van der Waals surface area contributed by atoms with Gasteiger partial charge in [-0.2, -0.15) is 0 Å². The molecule has 0 heteroatoms. The van der Waals surface area contributed by atoms with Crippen molar-refractivity contribution in [3.8, 4) is 0 Å². The highest BCUT2D eigenvalue weighted by atomic mass is 13.8. The van der Waals surface area contributed by atoms with E-state index in [1.54, 1.807) is 0 Å². The third-order valence-electron chi connectivity index (χ3n) is 0.289. The molecular weight excluding hydrogens is 49.0 g/mol. The molecule has 0 radical (unpaired) electrons. The van der Waals surface area contributed by atoms with E-state index >= 15 is 0 Å². The lowest BCUT2D eigenvalue weighted by Crippen LogP contribution is -1.36. The molecule has 4 heavy (non-hydrogen) atoms. The lowest BCUT2D eigenvalue weighted by molar-refractivity contribution is 1.23. The van der Waals surface area contributed by atoms with Gasteiger partial charge in [-0.05, 0) is 6.42 Å². The van der Waals surface area contributed by atoms with Crippen LogP contribution in [0.1, 0.15) is 13.3 Å². The summed E-state index contributed by atoms with van der Waals surface area (Å²) >= 11 is 0. The molecule has 0 spiro atoms. The van der Waals surface area contributed by atoms with Crippen molar-refractivity contribution in [3.63, 3.8) is 0 Å².